The molecule has 0 fully saturated rings. The Labute approximate surface area is 163 Å². The van der Waals surface area contributed by atoms with Crippen LogP contribution < -0.4 is 0 Å². The second kappa shape index (κ2) is 8.77. The highest BCUT2D eigenvalue weighted by molar-refractivity contribution is 5.99. The number of nitro groups is 1. The number of nitrogens with zero attached hydrogens (tertiary/aromatic N) is 1. The Hall–Kier alpha value is -3.73. The lowest BCUT2D eigenvalue weighted by molar-refractivity contribution is -0.385. The van der Waals surface area contributed by atoms with Crippen molar-refractivity contribution in [2.45, 2.75) is 6.92 Å². The van der Waals surface area contributed by atoms with Crippen LogP contribution in [0.2, 0.25) is 0 Å². The van der Waals surface area contributed by atoms with Gasteiger partial charge in [0.05, 0.1) is 22.7 Å². The van der Waals surface area contributed by atoms with Gasteiger partial charge >= 0.3 is 5.97 Å². The van der Waals surface area contributed by atoms with E-state index in [0.717, 1.165) is 5.56 Å². The zero-order chi connectivity index (χ0) is 19.9. The lowest BCUT2D eigenvalue weighted by atomic mass is 9.95. The van der Waals surface area contributed by atoms with Gasteiger partial charge in [-0.25, -0.2) is 4.79 Å². The van der Waals surface area contributed by atoms with Crippen LogP contribution in [0.15, 0.2) is 72.8 Å². The fourth-order valence-electron chi connectivity index (χ4n) is 2.88. The van der Waals surface area contributed by atoms with Crippen molar-refractivity contribution in [3.05, 3.63) is 99.6 Å². The highest BCUT2D eigenvalue weighted by Gasteiger charge is 2.22. The maximum absolute atomic E-state index is 12.5. The lowest BCUT2D eigenvalue weighted by Gasteiger charge is -2.11. The van der Waals surface area contributed by atoms with Crippen molar-refractivity contribution < 1.29 is 14.5 Å². The Kier molecular flexibility index (Phi) is 5.97. The van der Waals surface area contributed by atoms with E-state index in [-0.39, 0.29) is 12.3 Å². The van der Waals surface area contributed by atoms with Crippen LogP contribution in [-0.2, 0) is 4.74 Å². The predicted octanol–water partition coefficient (Wildman–Crippen LogP) is 5.61. The molecular weight excluding hydrogens is 354 g/mol. The Balaban J connectivity index is 2.16. The molecule has 5 heteroatoms. The number of ether oxygens (including phenoxy) is 1. The van der Waals surface area contributed by atoms with Crippen LogP contribution >= 0.6 is 0 Å². The van der Waals surface area contributed by atoms with Crippen LogP contribution in [-0.4, -0.2) is 17.5 Å². The highest BCUT2D eigenvalue weighted by atomic mass is 16.6. The number of nitro benzene ring substituents is 1. The first-order valence-corrected chi connectivity index (χ1v) is 8.88. The van der Waals surface area contributed by atoms with E-state index in [1.165, 1.54) is 12.1 Å². The maximum atomic E-state index is 12.5. The fraction of sp³-hybridized carbons (Fsp3) is 0.0870. The molecule has 0 aliphatic rings. The van der Waals surface area contributed by atoms with Crippen LogP contribution in [0.4, 0.5) is 5.69 Å². The molecule has 28 heavy (non-hydrogen) atoms. The number of hydrogen-bond donors (Lipinski definition) is 0. The SMILES string of the molecule is CCOC(=O)c1cc(/C=C/c2ccccc2)c([N+](=O)[O-])cc1-c1ccccc1. The predicted molar refractivity (Wildman–Crippen MR) is 110 cm³/mol. The molecule has 140 valence electrons. The van der Waals surface area contributed by atoms with E-state index in [1.54, 1.807) is 31.2 Å². The molecule has 0 aromatic heterocycles. The van der Waals surface area contributed by atoms with E-state index in [2.05, 4.69) is 0 Å². The molecule has 0 aliphatic heterocycles. The highest BCUT2D eigenvalue weighted by Crippen LogP contribution is 2.32. The van der Waals surface area contributed by atoms with Gasteiger partial charge in [-0.3, -0.25) is 10.1 Å². The Bertz CT molecular complexity index is 1010. The third-order valence-corrected chi connectivity index (χ3v) is 4.20. The van der Waals surface area contributed by atoms with Gasteiger partial charge in [0.25, 0.3) is 5.69 Å². The van der Waals surface area contributed by atoms with E-state index in [0.29, 0.717) is 22.3 Å². The minimum absolute atomic E-state index is 0.0703. The number of esters is 1. The van der Waals surface area contributed by atoms with Crippen molar-refractivity contribution in [1.82, 2.24) is 0 Å². The van der Waals surface area contributed by atoms with E-state index in [4.69, 9.17) is 4.74 Å². The van der Waals surface area contributed by atoms with Crippen LogP contribution in [0.1, 0.15) is 28.4 Å². The largest absolute Gasteiger partial charge is 0.462 e. The molecule has 3 aromatic carbocycles. The quantitative estimate of drug-likeness (QED) is 0.244. The van der Waals surface area contributed by atoms with E-state index >= 15 is 0 Å². The van der Waals surface area contributed by atoms with Crippen molar-refractivity contribution in [2.75, 3.05) is 6.61 Å². The molecule has 0 spiro atoms. The second-order valence-electron chi connectivity index (χ2n) is 6.04. The number of benzene rings is 3. The molecule has 0 atom stereocenters. The first-order valence-electron chi connectivity index (χ1n) is 8.88. The standard InChI is InChI=1S/C23H19NO4/c1-2-28-23(25)21-15-19(14-13-17-9-5-3-6-10-17)22(24(26)27)16-20(21)18-11-7-4-8-12-18/h3-16H,2H2,1H3/b14-13+. The lowest BCUT2D eigenvalue weighted by Crippen LogP contribution is -2.08. The molecular formula is C23H19NO4. The van der Waals surface area contributed by atoms with Gasteiger partial charge in [-0.2, -0.15) is 0 Å². The van der Waals surface area contributed by atoms with Crippen molar-refractivity contribution in [1.29, 1.82) is 0 Å². The van der Waals surface area contributed by atoms with Gasteiger partial charge in [0, 0.05) is 11.6 Å². The van der Waals surface area contributed by atoms with E-state index in [1.807, 2.05) is 48.5 Å². The number of carbonyl (C=O) groups is 1. The van der Waals surface area contributed by atoms with E-state index < -0.39 is 10.9 Å². The number of rotatable bonds is 6. The monoisotopic (exact) mass is 373 g/mol. The summed E-state index contributed by atoms with van der Waals surface area (Å²) in [5.74, 6) is -0.509. The molecule has 0 radical (unpaired) electrons. The second-order valence-corrected chi connectivity index (χ2v) is 6.04. The zero-order valence-corrected chi connectivity index (χ0v) is 15.4. The van der Waals surface area contributed by atoms with Gasteiger partial charge in [0.1, 0.15) is 0 Å². The molecule has 5 nitrogen and oxygen atoms in total. The third kappa shape index (κ3) is 4.32. The van der Waals surface area contributed by atoms with Crippen LogP contribution in [0.5, 0.6) is 0 Å². The molecule has 0 heterocycles. The maximum Gasteiger partial charge on any atom is 0.338 e. The van der Waals surface area contributed by atoms with Crippen LogP contribution in [0.25, 0.3) is 23.3 Å². The van der Waals surface area contributed by atoms with Gasteiger partial charge in [-0.05, 0) is 30.2 Å². The summed E-state index contributed by atoms with van der Waals surface area (Å²) in [4.78, 5) is 23.8. The smallest absolute Gasteiger partial charge is 0.338 e. The fourth-order valence-corrected chi connectivity index (χ4v) is 2.88. The first kappa shape index (κ1) is 19.0. The molecule has 0 bridgehead atoms. The molecule has 0 unspecified atom stereocenters. The van der Waals surface area contributed by atoms with Crippen molar-refractivity contribution in [3.63, 3.8) is 0 Å². The molecule has 3 rings (SSSR count). The normalized spacial score (nSPS) is 10.8. The first-order chi connectivity index (χ1) is 13.6. The average molecular weight is 373 g/mol. The third-order valence-electron chi connectivity index (χ3n) is 4.20. The molecule has 0 amide bonds. The topological polar surface area (TPSA) is 69.4 Å². The van der Waals surface area contributed by atoms with Gasteiger partial charge in [0.15, 0.2) is 0 Å². The average Bonchev–Trinajstić information content (AvgIpc) is 2.73. The van der Waals surface area contributed by atoms with Gasteiger partial charge in [0.2, 0.25) is 0 Å². The van der Waals surface area contributed by atoms with E-state index in [9.17, 15) is 14.9 Å². The van der Waals surface area contributed by atoms with Gasteiger partial charge in [-0.15, -0.1) is 0 Å². The summed E-state index contributed by atoms with van der Waals surface area (Å²) in [5.41, 5.74) is 2.67. The van der Waals surface area contributed by atoms with Gasteiger partial charge in [-0.1, -0.05) is 66.7 Å². The molecule has 0 N–H and O–H groups in total. The number of carbonyl (C=O) groups excluding carboxylic acids is 1. The molecule has 3 aromatic rings. The Morgan fingerprint density at radius 1 is 1.00 bits per heavy atom. The summed E-state index contributed by atoms with van der Waals surface area (Å²) in [6, 6.07) is 21.5. The molecule has 0 saturated heterocycles. The van der Waals surface area contributed by atoms with Crippen molar-refractivity contribution in [2.24, 2.45) is 0 Å². The minimum atomic E-state index is -0.509. The minimum Gasteiger partial charge on any atom is -0.462 e. The van der Waals surface area contributed by atoms with Crippen LogP contribution in [0, 0.1) is 10.1 Å². The summed E-state index contributed by atoms with van der Waals surface area (Å²) in [5, 5.41) is 11.7. The Morgan fingerprint density at radius 3 is 2.25 bits per heavy atom. The van der Waals surface area contributed by atoms with Crippen molar-refractivity contribution >= 4 is 23.8 Å². The summed E-state index contributed by atoms with van der Waals surface area (Å²) in [7, 11) is 0. The zero-order valence-electron chi connectivity index (χ0n) is 15.4. The summed E-state index contributed by atoms with van der Waals surface area (Å²) >= 11 is 0. The molecule has 0 saturated carbocycles. The summed E-state index contributed by atoms with van der Waals surface area (Å²) in [6.45, 7) is 1.95. The van der Waals surface area contributed by atoms with Crippen LogP contribution in [0.3, 0.4) is 0 Å². The summed E-state index contributed by atoms with van der Waals surface area (Å²) in [6.07, 6.45) is 3.42. The number of hydrogen-bond acceptors (Lipinski definition) is 4. The summed E-state index contributed by atoms with van der Waals surface area (Å²) < 4.78 is 5.18. The molecule has 0 aliphatic carbocycles. The van der Waals surface area contributed by atoms with Gasteiger partial charge < -0.3 is 4.74 Å². The Morgan fingerprint density at radius 2 is 1.64 bits per heavy atom. The van der Waals surface area contributed by atoms with Crippen molar-refractivity contribution in [3.8, 4) is 11.1 Å².